The molecule has 0 heterocycles. The first-order chi connectivity index (χ1) is 12.1. The van der Waals surface area contributed by atoms with E-state index in [2.05, 4.69) is 5.32 Å². The number of methoxy groups -OCH3 is 1. The number of rotatable bonds is 9. The van der Waals surface area contributed by atoms with Crippen molar-refractivity contribution in [2.24, 2.45) is 0 Å². The van der Waals surface area contributed by atoms with Crippen LogP contribution in [0.4, 0.5) is 0 Å². The van der Waals surface area contributed by atoms with Gasteiger partial charge in [-0.15, -0.1) is 0 Å². The zero-order valence-corrected chi connectivity index (χ0v) is 16.1. The topological polar surface area (TPSA) is 50.7 Å². The Morgan fingerprint density at radius 2 is 1.80 bits per heavy atom. The molecule has 0 unspecified atom stereocenters. The highest BCUT2D eigenvalue weighted by molar-refractivity contribution is 6.36. The number of nitrogens with one attached hydrogen (secondary N) is 1. The van der Waals surface area contributed by atoms with Crippen molar-refractivity contribution >= 4 is 34.8 Å². The minimum atomic E-state index is 0.161. The Morgan fingerprint density at radius 3 is 2.44 bits per heavy atom. The smallest absolute Gasteiger partial charge is 0.180 e. The molecular weight excluding hydrogens is 385 g/mol. The van der Waals surface area contributed by atoms with Gasteiger partial charge in [0.15, 0.2) is 11.5 Å². The minimum Gasteiger partial charge on any atom is -0.493 e. The summed E-state index contributed by atoms with van der Waals surface area (Å²) in [6.07, 6.45) is 0.699. The average Bonchev–Trinajstić information content (AvgIpc) is 2.59. The van der Waals surface area contributed by atoms with Crippen molar-refractivity contribution in [3.63, 3.8) is 0 Å². The van der Waals surface area contributed by atoms with Crippen LogP contribution < -0.4 is 14.8 Å². The van der Waals surface area contributed by atoms with Crippen LogP contribution in [0.5, 0.6) is 11.5 Å². The Hall–Kier alpha value is -1.17. The molecule has 0 aliphatic carbocycles. The van der Waals surface area contributed by atoms with E-state index in [-0.39, 0.29) is 13.2 Å². The molecule has 2 N–H and O–H groups in total. The lowest BCUT2D eigenvalue weighted by Crippen LogP contribution is -2.15. The predicted molar refractivity (Wildman–Crippen MR) is 102 cm³/mol. The Balaban J connectivity index is 2.12. The summed E-state index contributed by atoms with van der Waals surface area (Å²) >= 11 is 18.7. The Kier molecular flexibility index (Phi) is 8.13. The van der Waals surface area contributed by atoms with Crippen LogP contribution in [0.15, 0.2) is 30.3 Å². The molecule has 0 amide bonds. The molecule has 2 aromatic rings. The summed E-state index contributed by atoms with van der Waals surface area (Å²) in [7, 11) is 1.56. The first-order valence-electron chi connectivity index (χ1n) is 7.80. The molecule has 0 atom stereocenters. The molecule has 0 aliphatic heterocycles. The quantitative estimate of drug-likeness (QED) is 0.594. The molecule has 0 aromatic heterocycles. The molecule has 0 spiro atoms. The molecule has 0 fully saturated rings. The van der Waals surface area contributed by atoms with Crippen molar-refractivity contribution < 1.29 is 14.6 Å². The number of aliphatic hydroxyl groups excluding tert-OH is 1. The molecule has 25 heavy (non-hydrogen) atoms. The average molecular weight is 405 g/mol. The van der Waals surface area contributed by atoms with Crippen molar-refractivity contribution in [3.8, 4) is 11.5 Å². The van der Waals surface area contributed by atoms with E-state index in [9.17, 15) is 0 Å². The van der Waals surface area contributed by atoms with Gasteiger partial charge in [0.05, 0.1) is 12.1 Å². The van der Waals surface area contributed by atoms with E-state index in [4.69, 9.17) is 49.4 Å². The number of hydrogen-bond donors (Lipinski definition) is 2. The van der Waals surface area contributed by atoms with Crippen LogP contribution >= 0.6 is 34.8 Å². The van der Waals surface area contributed by atoms with Crippen LogP contribution in [0, 0.1) is 0 Å². The van der Waals surface area contributed by atoms with Gasteiger partial charge >= 0.3 is 0 Å². The second kappa shape index (κ2) is 10.1. The summed E-state index contributed by atoms with van der Waals surface area (Å²) in [5, 5.41) is 13.5. The largest absolute Gasteiger partial charge is 0.493 e. The molecule has 0 saturated heterocycles. The van der Waals surface area contributed by atoms with E-state index in [1.165, 1.54) is 0 Å². The Bertz CT molecular complexity index is 690. The molecule has 0 saturated carbocycles. The molecule has 7 heteroatoms. The zero-order chi connectivity index (χ0) is 18.2. The highest BCUT2D eigenvalue weighted by Crippen LogP contribution is 2.37. The predicted octanol–water partition coefficient (Wildman–Crippen LogP) is 4.71. The molecular formula is C18H20Cl3NO3. The van der Waals surface area contributed by atoms with Crippen molar-refractivity contribution in [1.29, 1.82) is 0 Å². The van der Waals surface area contributed by atoms with Crippen molar-refractivity contribution in [2.75, 3.05) is 20.3 Å². The molecule has 0 bridgehead atoms. The Morgan fingerprint density at radius 1 is 1.08 bits per heavy atom. The summed E-state index contributed by atoms with van der Waals surface area (Å²) in [5.41, 5.74) is 1.65. The standard InChI is InChI=1S/C18H20Cl3NO3/c1-24-17-9-12(10-22-6-3-7-23)8-16(21)18(17)25-11-13-14(19)4-2-5-15(13)20/h2,4-5,8-9,22-23H,3,6-7,10-11H2,1H3. The van der Waals surface area contributed by atoms with E-state index >= 15 is 0 Å². The minimum absolute atomic E-state index is 0.161. The van der Waals surface area contributed by atoms with E-state index < -0.39 is 0 Å². The van der Waals surface area contributed by atoms with Crippen molar-refractivity contribution in [1.82, 2.24) is 5.32 Å². The van der Waals surface area contributed by atoms with Crippen LogP contribution in [0.2, 0.25) is 15.1 Å². The summed E-state index contributed by atoms with van der Waals surface area (Å²) in [6, 6.07) is 8.97. The monoisotopic (exact) mass is 403 g/mol. The number of aliphatic hydroxyl groups is 1. The zero-order valence-electron chi connectivity index (χ0n) is 13.8. The van der Waals surface area contributed by atoms with Crippen LogP contribution in [0.1, 0.15) is 17.5 Å². The van der Waals surface area contributed by atoms with Gasteiger partial charge in [-0.2, -0.15) is 0 Å². The number of halogens is 3. The Labute approximate surface area is 162 Å². The molecule has 2 aromatic carbocycles. The fraction of sp³-hybridized carbons (Fsp3) is 0.333. The summed E-state index contributed by atoms with van der Waals surface area (Å²) < 4.78 is 11.2. The lowest BCUT2D eigenvalue weighted by Gasteiger charge is -2.15. The van der Waals surface area contributed by atoms with Gasteiger partial charge in [0.1, 0.15) is 6.61 Å². The van der Waals surface area contributed by atoms with E-state index in [0.717, 1.165) is 12.1 Å². The van der Waals surface area contributed by atoms with Gasteiger partial charge in [-0.3, -0.25) is 0 Å². The first kappa shape index (κ1) is 20.1. The SMILES string of the molecule is COc1cc(CNCCCO)cc(Cl)c1OCc1c(Cl)cccc1Cl. The summed E-state index contributed by atoms with van der Waals surface area (Å²) in [4.78, 5) is 0. The fourth-order valence-electron chi connectivity index (χ4n) is 2.27. The van der Waals surface area contributed by atoms with E-state index in [1.54, 1.807) is 25.3 Å². The second-order valence-electron chi connectivity index (χ2n) is 5.35. The number of hydrogen-bond acceptors (Lipinski definition) is 4. The third-order valence-electron chi connectivity index (χ3n) is 3.55. The van der Waals surface area contributed by atoms with Gasteiger partial charge in [0.2, 0.25) is 0 Å². The van der Waals surface area contributed by atoms with Gasteiger partial charge in [-0.1, -0.05) is 40.9 Å². The normalized spacial score (nSPS) is 10.8. The van der Waals surface area contributed by atoms with Gasteiger partial charge in [0.25, 0.3) is 0 Å². The van der Waals surface area contributed by atoms with Crippen LogP contribution in [-0.2, 0) is 13.2 Å². The van der Waals surface area contributed by atoms with Crippen molar-refractivity contribution in [2.45, 2.75) is 19.6 Å². The third-order valence-corrected chi connectivity index (χ3v) is 4.54. The van der Waals surface area contributed by atoms with Gasteiger partial charge in [-0.05, 0) is 42.8 Å². The highest BCUT2D eigenvalue weighted by Gasteiger charge is 2.14. The number of ether oxygens (including phenoxy) is 2. The highest BCUT2D eigenvalue weighted by atomic mass is 35.5. The van der Waals surface area contributed by atoms with E-state index in [1.807, 2.05) is 12.1 Å². The van der Waals surface area contributed by atoms with Crippen LogP contribution in [0.3, 0.4) is 0 Å². The maximum absolute atomic E-state index is 8.80. The summed E-state index contributed by atoms with van der Waals surface area (Å²) in [6.45, 7) is 1.68. The first-order valence-corrected chi connectivity index (χ1v) is 8.94. The van der Waals surface area contributed by atoms with Gasteiger partial charge < -0.3 is 19.9 Å². The maximum atomic E-state index is 8.80. The van der Waals surface area contributed by atoms with Gasteiger partial charge in [0, 0.05) is 28.8 Å². The van der Waals surface area contributed by atoms with Crippen molar-refractivity contribution in [3.05, 3.63) is 56.5 Å². The lowest BCUT2D eigenvalue weighted by atomic mass is 10.2. The summed E-state index contributed by atoms with van der Waals surface area (Å²) in [5.74, 6) is 0.980. The van der Waals surface area contributed by atoms with Crippen LogP contribution in [-0.4, -0.2) is 25.4 Å². The third kappa shape index (κ3) is 5.66. The molecule has 2 rings (SSSR count). The molecule has 0 radical (unpaired) electrons. The van der Waals surface area contributed by atoms with Crippen LogP contribution in [0.25, 0.3) is 0 Å². The van der Waals surface area contributed by atoms with Gasteiger partial charge in [-0.25, -0.2) is 0 Å². The lowest BCUT2D eigenvalue weighted by molar-refractivity contribution is 0.284. The molecule has 4 nitrogen and oxygen atoms in total. The maximum Gasteiger partial charge on any atom is 0.180 e. The fourth-order valence-corrected chi connectivity index (χ4v) is 3.06. The number of benzene rings is 2. The molecule has 0 aliphatic rings. The van der Waals surface area contributed by atoms with E-state index in [0.29, 0.717) is 45.1 Å². The second-order valence-corrected chi connectivity index (χ2v) is 6.57. The molecule has 136 valence electrons.